The Labute approximate surface area is 94.8 Å². The van der Waals surface area contributed by atoms with Crippen molar-refractivity contribution in [3.8, 4) is 0 Å². The van der Waals surface area contributed by atoms with Gasteiger partial charge in [-0.15, -0.1) is 0 Å². The zero-order valence-corrected chi connectivity index (χ0v) is 9.53. The second-order valence-corrected chi connectivity index (χ2v) is 4.98. The van der Waals surface area contributed by atoms with E-state index in [-0.39, 0.29) is 11.8 Å². The monoisotopic (exact) mass is 226 g/mol. The Morgan fingerprint density at radius 2 is 2.12 bits per heavy atom. The van der Waals surface area contributed by atoms with Crippen LogP contribution >= 0.6 is 0 Å². The molecule has 0 radical (unpaired) electrons. The maximum absolute atomic E-state index is 11.9. The van der Waals surface area contributed by atoms with Crippen molar-refractivity contribution in [3.05, 3.63) is 0 Å². The van der Waals surface area contributed by atoms with Gasteiger partial charge in [-0.1, -0.05) is 0 Å². The molecule has 0 aromatic heterocycles. The number of hydrogen-bond acceptors (Lipinski definition) is 3. The molecule has 1 unspecified atom stereocenters. The molecule has 16 heavy (non-hydrogen) atoms. The summed E-state index contributed by atoms with van der Waals surface area (Å²) in [6.07, 6.45) is 2.85. The minimum atomic E-state index is -0.960. The molecular weight excluding hydrogens is 208 g/mol. The molecule has 5 nitrogen and oxygen atoms in total. The maximum Gasteiger partial charge on any atom is 0.329 e. The van der Waals surface area contributed by atoms with Crippen LogP contribution in [0.1, 0.15) is 25.7 Å². The highest BCUT2D eigenvalue weighted by Gasteiger charge is 2.46. The van der Waals surface area contributed by atoms with Crippen molar-refractivity contribution < 1.29 is 14.7 Å². The van der Waals surface area contributed by atoms with Crippen LogP contribution in [0.3, 0.4) is 0 Å². The van der Waals surface area contributed by atoms with Crippen LogP contribution in [0.15, 0.2) is 0 Å². The molecule has 2 fully saturated rings. The van der Waals surface area contributed by atoms with E-state index in [0.717, 1.165) is 25.9 Å². The van der Waals surface area contributed by atoms with Crippen molar-refractivity contribution in [3.63, 3.8) is 0 Å². The van der Waals surface area contributed by atoms with E-state index in [1.54, 1.807) is 0 Å². The Balaban J connectivity index is 1.94. The van der Waals surface area contributed by atoms with Gasteiger partial charge in [0.2, 0.25) is 5.91 Å². The SMILES string of the molecule is CN1CCC(C(=O)NC2(C(=O)O)CCC2)C1. The molecule has 1 atom stereocenters. The molecular formula is C11H18N2O3. The second-order valence-electron chi connectivity index (χ2n) is 4.98. The van der Waals surface area contributed by atoms with Crippen molar-refractivity contribution in [2.24, 2.45) is 5.92 Å². The number of aliphatic carboxylic acids is 1. The summed E-state index contributed by atoms with van der Waals surface area (Å²) in [5.41, 5.74) is -0.960. The number of hydrogen-bond donors (Lipinski definition) is 2. The predicted octanol–water partition coefficient (Wildman–Crippen LogP) is 0.0616. The summed E-state index contributed by atoms with van der Waals surface area (Å²) < 4.78 is 0. The first-order valence-corrected chi connectivity index (χ1v) is 5.77. The molecule has 1 saturated carbocycles. The Kier molecular flexibility index (Phi) is 2.88. The van der Waals surface area contributed by atoms with E-state index in [1.807, 2.05) is 7.05 Å². The standard InChI is InChI=1S/C11H18N2O3/c1-13-6-3-8(7-13)9(14)12-11(10(15)16)4-2-5-11/h8H,2-7H2,1H3,(H,12,14)(H,15,16). The molecule has 2 aliphatic rings. The number of carbonyl (C=O) groups is 2. The number of amides is 1. The number of likely N-dealkylation sites (tertiary alicyclic amines) is 1. The Morgan fingerprint density at radius 1 is 1.44 bits per heavy atom. The Bertz CT molecular complexity index is 312. The zero-order chi connectivity index (χ0) is 11.8. The quantitative estimate of drug-likeness (QED) is 0.714. The molecule has 0 spiro atoms. The summed E-state index contributed by atoms with van der Waals surface area (Å²) in [6, 6.07) is 0. The lowest BCUT2D eigenvalue weighted by atomic mass is 9.76. The third-order valence-corrected chi connectivity index (χ3v) is 3.74. The molecule has 90 valence electrons. The first-order valence-electron chi connectivity index (χ1n) is 5.77. The van der Waals surface area contributed by atoms with Crippen molar-refractivity contribution in [2.75, 3.05) is 20.1 Å². The van der Waals surface area contributed by atoms with Crippen molar-refractivity contribution in [1.82, 2.24) is 10.2 Å². The van der Waals surface area contributed by atoms with Crippen LogP contribution in [-0.2, 0) is 9.59 Å². The first-order chi connectivity index (χ1) is 7.53. The van der Waals surface area contributed by atoms with Crippen LogP contribution in [0.25, 0.3) is 0 Å². The lowest BCUT2D eigenvalue weighted by molar-refractivity contribution is -0.152. The summed E-state index contributed by atoms with van der Waals surface area (Å²) in [4.78, 5) is 25.1. The van der Waals surface area contributed by atoms with Gasteiger partial charge in [0.25, 0.3) is 0 Å². The van der Waals surface area contributed by atoms with E-state index in [2.05, 4.69) is 10.2 Å². The summed E-state index contributed by atoms with van der Waals surface area (Å²) in [6.45, 7) is 1.65. The molecule has 5 heteroatoms. The highest BCUT2D eigenvalue weighted by atomic mass is 16.4. The zero-order valence-electron chi connectivity index (χ0n) is 9.53. The molecule has 0 aromatic rings. The molecule has 1 saturated heterocycles. The third kappa shape index (κ3) is 1.91. The topological polar surface area (TPSA) is 69.6 Å². The lowest BCUT2D eigenvalue weighted by Crippen LogP contribution is -2.60. The van der Waals surface area contributed by atoms with E-state index in [1.165, 1.54) is 0 Å². The molecule has 1 heterocycles. The Morgan fingerprint density at radius 3 is 2.50 bits per heavy atom. The number of carbonyl (C=O) groups excluding carboxylic acids is 1. The van der Waals surface area contributed by atoms with Gasteiger partial charge in [-0.25, -0.2) is 4.79 Å². The summed E-state index contributed by atoms with van der Waals surface area (Å²) in [7, 11) is 1.98. The van der Waals surface area contributed by atoms with Gasteiger partial charge in [-0.3, -0.25) is 4.79 Å². The molecule has 2 rings (SSSR count). The van der Waals surface area contributed by atoms with Gasteiger partial charge in [0.05, 0.1) is 5.92 Å². The number of rotatable bonds is 3. The van der Waals surface area contributed by atoms with Crippen LogP contribution in [0.2, 0.25) is 0 Å². The number of carboxylic acid groups (broad SMARTS) is 1. The summed E-state index contributed by atoms with van der Waals surface area (Å²) in [5, 5.41) is 11.8. The minimum Gasteiger partial charge on any atom is -0.480 e. The fraction of sp³-hybridized carbons (Fsp3) is 0.818. The van der Waals surface area contributed by atoms with Crippen LogP contribution in [0.5, 0.6) is 0 Å². The predicted molar refractivity (Wildman–Crippen MR) is 58.0 cm³/mol. The molecule has 0 bridgehead atoms. The average Bonchev–Trinajstić information content (AvgIpc) is 2.57. The molecule has 1 amide bonds. The van der Waals surface area contributed by atoms with Gasteiger partial charge in [-0.2, -0.15) is 0 Å². The fourth-order valence-electron chi connectivity index (χ4n) is 2.41. The van der Waals surface area contributed by atoms with E-state index in [4.69, 9.17) is 5.11 Å². The van der Waals surface area contributed by atoms with Crippen LogP contribution in [0, 0.1) is 5.92 Å². The fourth-order valence-corrected chi connectivity index (χ4v) is 2.41. The van der Waals surface area contributed by atoms with Gasteiger partial charge >= 0.3 is 5.97 Å². The highest BCUT2D eigenvalue weighted by molar-refractivity contribution is 5.89. The van der Waals surface area contributed by atoms with Gasteiger partial charge in [0, 0.05) is 6.54 Å². The molecule has 2 N–H and O–H groups in total. The summed E-state index contributed by atoms with van der Waals surface area (Å²) in [5.74, 6) is -1.02. The van der Waals surface area contributed by atoms with E-state index >= 15 is 0 Å². The van der Waals surface area contributed by atoms with E-state index in [0.29, 0.717) is 12.8 Å². The van der Waals surface area contributed by atoms with Crippen LogP contribution in [-0.4, -0.2) is 47.6 Å². The first kappa shape index (κ1) is 11.4. The Hall–Kier alpha value is -1.10. The second kappa shape index (κ2) is 4.05. The van der Waals surface area contributed by atoms with Gasteiger partial charge in [0.1, 0.15) is 5.54 Å². The average molecular weight is 226 g/mol. The largest absolute Gasteiger partial charge is 0.480 e. The summed E-state index contributed by atoms with van der Waals surface area (Å²) >= 11 is 0. The van der Waals surface area contributed by atoms with E-state index < -0.39 is 11.5 Å². The molecule has 1 aliphatic carbocycles. The smallest absolute Gasteiger partial charge is 0.329 e. The van der Waals surface area contributed by atoms with Crippen molar-refractivity contribution in [1.29, 1.82) is 0 Å². The maximum atomic E-state index is 11.9. The number of nitrogens with one attached hydrogen (secondary N) is 1. The minimum absolute atomic E-state index is 0.0400. The van der Waals surface area contributed by atoms with Gasteiger partial charge in [0.15, 0.2) is 0 Å². The van der Waals surface area contributed by atoms with Crippen molar-refractivity contribution in [2.45, 2.75) is 31.2 Å². The third-order valence-electron chi connectivity index (χ3n) is 3.74. The highest BCUT2D eigenvalue weighted by Crippen LogP contribution is 2.32. The lowest BCUT2D eigenvalue weighted by Gasteiger charge is -2.38. The molecule has 0 aromatic carbocycles. The normalized spacial score (nSPS) is 28.4. The van der Waals surface area contributed by atoms with Crippen molar-refractivity contribution >= 4 is 11.9 Å². The van der Waals surface area contributed by atoms with Gasteiger partial charge < -0.3 is 15.3 Å². The van der Waals surface area contributed by atoms with Crippen LogP contribution in [0.4, 0.5) is 0 Å². The number of nitrogens with zero attached hydrogens (tertiary/aromatic N) is 1. The van der Waals surface area contributed by atoms with E-state index in [9.17, 15) is 9.59 Å². The number of carboxylic acids is 1. The van der Waals surface area contributed by atoms with Gasteiger partial charge in [-0.05, 0) is 39.3 Å². The van der Waals surface area contributed by atoms with Crippen LogP contribution < -0.4 is 5.32 Å². The molecule has 1 aliphatic heterocycles.